The molecule has 1 atom stereocenters. The van der Waals surface area contributed by atoms with Gasteiger partial charge in [0.15, 0.2) is 17.1 Å². The molecule has 1 unspecified atom stereocenters. The summed E-state index contributed by atoms with van der Waals surface area (Å²) in [6.07, 6.45) is 1.40. The first-order valence-electron chi connectivity index (χ1n) is 9.96. The number of hydrogen-bond acceptors (Lipinski definition) is 7. The number of para-hydroxylation sites is 2. The minimum absolute atomic E-state index is 0.168. The maximum Gasteiger partial charge on any atom is 0.234 e. The van der Waals surface area contributed by atoms with Gasteiger partial charge in [0, 0.05) is 6.54 Å². The fraction of sp³-hybridized carbons (Fsp3) is 0.261. The Kier molecular flexibility index (Phi) is 8.15. The van der Waals surface area contributed by atoms with Crippen LogP contribution in [-0.4, -0.2) is 40.6 Å². The Morgan fingerprint density at radius 3 is 2.53 bits per heavy atom. The Morgan fingerprint density at radius 2 is 1.84 bits per heavy atom. The molecule has 0 saturated carbocycles. The molecular formula is C23H26N4O4S. The third-order valence-electron chi connectivity index (χ3n) is 4.51. The van der Waals surface area contributed by atoms with Crippen molar-refractivity contribution >= 4 is 23.4 Å². The molecule has 0 radical (unpaired) electrons. The van der Waals surface area contributed by atoms with Crippen LogP contribution in [0, 0.1) is 0 Å². The normalized spacial score (nSPS) is 11.5. The van der Waals surface area contributed by atoms with Crippen LogP contribution in [0.15, 0.2) is 66.3 Å². The van der Waals surface area contributed by atoms with Gasteiger partial charge in [-0.1, -0.05) is 30.0 Å². The van der Waals surface area contributed by atoms with Crippen LogP contribution >= 0.6 is 11.8 Å². The monoisotopic (exact) mass is 454 g/mol. The molecule has 0 saturated heterocycles. The lowest BCUT2D eigenvalue weighted by Crippen LogP contribution is -2.16. The van der Waals surface area contributed by atoms with Gasteiger partial charge >= 0.3 is 0 Å². The molecular weight excluding hydrogens is 428 g/mol. The van der Waals surface area contributed by atoms with E-state index in [0.29, 0.717) is 34.7 Å². The maximum absolute atomic E-state index is 12.5. The number of anilines is 1. The van der Waals surface area contributed by atoms with Crippen LogP contribution in [0.3, 0.4) is 0 Å². The molecule has 1 heterocycles. The van der Waals surface area contributed by atoms with E-state index in [1.54, 1.807) is 32.4 Å². The van der Waals surface area contributed by atoms with Gasteiger partial charge in [-0.05, 0) is 43.3 Å². The Morgan fingerprint density at radius 1 is 1.12 bits per heavy atom. The van der Waals surface area contributed by atoms with E-state index in [-0.39, 0.29) is 17.8 Å². The summed E-state index contributed by atoms with van der Waals surface area (Å²) in [5.74, 6) is 2.69. The van der Waals surface area contributed by atoms with Crippen molar-refractivity contribution < 1.29 is 19.0 Å². The van der Waals surface area contributed by atoms with E-state index >= 15 is 0 Å². The lowest BCUT2D eigenvalue weighted by Gasteiger charge is -2.16. The summed E-state index contributed by atoms with van der Waals surface area (Å²) in [4.78, 5) is 12.5. The number of carbonyl (C=O) groups excluding carboxylic acids is 1. The standard InChI is InChI=1S/C23H26N4O4S/c1-5-14-27-22(16(2)31-18-12-10-17(29-3)11-13-18)25-26-23(27)32-15-21(28)24-19-8-6-7-9-20(19)30-4/h5-13,16H,1,14-15H2,2-4H3,(H,24,28). The maximum atomic E-state index is 12.5. The molecule has 0 aliphatic rings. The quantitative estimate of drug-likeness (QED) is 0.340. The van der Waals surface area contributed by atoms with E-state index in [9.17, 15) is 4.79 Å². The Labute approximate surface area is 191 Å². The van der Waals surface area contributed by atoms with Crippen LogP contribution in [0.5, 0.6) is 17.2 Å². The van der Waals surface area contributed by atoms with Crippen LogP contribution in [-0.2, 0) is 11.3 Å². The molecule has 3 aromatic rings. The second kappa shape index (κ2) is 11.2. The van der Waals surface area contributed by atoms with Crippen molar-refractivity contribution in [3.8, 4) is 17.2 Å². The van der Waals surface area contributed by atoms with Gasteiger partial charge < -0.3 is 19.5 Å². The van der Waals surface area contributed by atoms with Crippen LogP contribution < -0.4 is 19.5 Å². The van der Waals surface area contributed by atoms with Gasteiger partial charge in [-0.25, -0.2) is 0 Å². The summed E-state index contributed by atoms with van der Waals surface area (Å²) < 4.78 is 18.4. The number of amides is 1. The van der Waals surface area contributed by atoms with Gasteiger partial charge in [0.25, 0.3) is 0 Å². The Hall–Kier alpha value is -3.46. The van der Waals surface area contributed by atoms with Crippen LogP contribution in [0.4, 0.5) is 5.69 Å². The molecule has 0 spiro atoms. The molecule has 1 N–H and O–H groups in total. The fourth-order valence-corrected chi connectivity index (χ4v) is 3.74. The van der Waals surface area contributed by atoms with Crippen LogP contribution in [0.2, 0.25) is 0 Å². The number of allylic oxidation sites excluding steroid dienone is 1. The van der Waals surface area contributed by atoms with Gasteiger partial charge in [0.1, 0.15) is 17.2 Å². The first-order chi connectivity index (χ1) is 15.5. The molecule has 9 heteroatoms. The van der Waals surface area contributed by atoms with Crippen molar-refractivity contribution in [3.05, 3.63) is 67.0 Å². The van der Waals surface area contributed by atoms with Gasteiger partial charge in [-0.3, -0.25) is 9.36 Å². The predicted molar refractivity (Wildman–Crippen MR) is 125 cm³/mol. The number of nitrogens with zero attached hydrogens (tertiary/aromatic N) is 3. The zero-order valence-corrected chi connectivity index (χ0v) is 19.1. The van der Waals surface area contributed by atoms with E-state index in [1.807, 2.05) is 47.9 Å². The summed E-state index contributed by atoms with van der Waals surface area (Å²) in [6, 6.07) is 14.6. The highest BCUT2D eigenvalue weighted by Crippen LogP contribution is 2.27. The average molecular weight is 455 g/mol. The lowest BCUT2D eigenvalue weighted by molar-refractivity contribution is -0.113. The zero-order chi connectivity index (χ0) is 22.9. The number of nitrogens with one attached hydrogen (secondary N) is 1. The Bertz CT molecular complexity index is 1050. The van der Waals surface area contributed by atoms with Crippen molar-refractivity contribution in [2.75, 3.05) is 25.3 Å². The van der Waals surface area contributed by atoms with E-state index in [1.165, 1.54) is 11.8 Å². The Balaban J connectivity index is 1.66. The van der Waals surface area contributed by atoms with Gasteiger partial charge in [-0.2, -0.15) is 0 Å². The average Bonchev–Trinajstić information content (AvgIpc) is 3.21. The summed E-state index contributed by atoms with van der Waals surface area (Å²) in [5, 5.41) is 12.0. The van der Waals surface area contributed by atoms with Crippen molar-refractivity contribution in [2.45, 2.75) is 24.7 Å². The molecule has 0 bridgehead atoms. The first kappa shape index (κ1) is 23.2. The third-order valence-corrected chi connectivity index (χ3v) is 5.47. The number of aromatic nitrogens is 3. The number of hydrogen-bond donors (Lipinski definition) is 1. The minimum Gasteiger partial charge on any atom is -0.497 e. The topological polar surface area (TPSA) is 87.5 Å². The molecule has 2 aromatic carbocycles. The largest absolute Gasteiger partial charge is 0.497 e. The number of ether oxygens (including phenoxy) is 3. The van der Waals surface area contributed by atoms with Crippen molar-refractivity contribution in [1.82, 2.24) is 14.8 Å². The molecule has 0 aliphatic carbocycles. The smallest absolute Gasteiger partial charge is 0.234 e. The summed E-state index contributed by atoms with van der Waals surface area (Å²) >= 11 is 1.29. The molecule has 8 nitrogen and oxygen atoms in total. The van der Waals surface area contributed by atoms with Gasteiger partial charge in [0.2, 0.25) is 5.91 Å². The molecule has 3 rings (SSSR count). The predicted octanol–water partition coefficient (Wildman–Crippen LogP) is 4.35. The number of carbonyl (C=O) groups is 1. The van der Waals surface area contributed by atoms with E-state index in [4.69, 9.17) is 14.2 Å². The highest BCUT2D eigenvalue weighted by atomic mass is 32.2. The van der Waals surface area contributed by atoms with E-state index in [2.05, 4.69) is 22.1 Å². The number of methoxy groups -OCH3 is 2. The summed E-state index contributed by atoms with van der Waals surface area (Å²) in [7, 11) is 3.18. The highest BCUT2D eigenvalue weighted by Gasteiger charge is 2.20. The van der Waals surface area contributed by atoms with Crippen molar-refractivity contribution in [3.63, 3.8) is 0 Å². The zero-order valence-electron chi connectivity index (χ0n) is 18.3. The number of benzene rings is 2. The van der Waals surface area contributed by atoms with Crippen molar-refractivity contribution in [2.24, 2.45) is 0 Å². The van der Waals surface area contributed by atoms with E-state index in [0.717, 1.165) is 5.75 Å². The van der Waals surface area contributed by atoms with Crippen LogP contribution in [0.1, 0.15) is 18.9 Å². The molecule has 1 amide bonds. The highest BCUT2D eigenvalue weighted by molar-refractivity contribution is 7.99. The molecule has 32 heavy (non-hydrogen) atoms. The molecule has 0 fully saturated rings. The minimum atomic E-state index is -0.354. The molecule has 0 aliphatic heterocycles. The van der Waals surface area contributed by atoms with Gasteiger partial charge in [0.05, 0.1) is 25.7 Å². The lowest BCUT2D eigenvalue weighted by atomic mass is 10.3. The summed E-state index contributed by atoms with van der Waals surface area (Å²) in [5.41, 5.74) is 0.621. The fourth-order valence-electron chi connectivity index (χ4n) is 2.98. The molecule has 1 aromatic heterocycles. The number of thioether (sulfide) groups is 1. The third kappa shape index (κ3) is 5.82. The molecule has 168 valence electrons. The van der Waals surface area contributed by atoms with Gasteiger partial charge in [-0.15, -0.1) is 16.8 Å². The second-order valence-corrected chi connectivity index (χ2v) is 7.66. The second-order valence-electron chi connectivity index (χ2n) is 6.71. The van der Waals surface area contributed by atoms with E-state index < -0.39 is 0 Å². The SMILES string of the molecule is C=CCn1c(SCC(=O)Nc2ccccc2OC)nnc1C(C)Oc1ccc(OC)cc1. The van der Waals surface area contributed by atoms with Crippen LogP contribution in [0.25, 0.3) is 0 Å². The number of rotatable bonds is 11. The van der Waals surface area contributed by atoms with Crippen molar-refractivity contribution in [1.29, 1.82) is 0 Å². The first-order valence-corrected chi connectivity index (χ1v) is 10.9. The summed E-state index contributed by atoms with van der Waals surface area (Å²) in [6.45, 7) is 6.21.